The summed E-state index contributed by atoms with van der Waals surface area (Å²) in [4.78, 5) is 2.36. The van der Waals surface area contributed by atoms with Crippen LogP contribution in [-0.2, 0) is 11.3 Å². The number of ether oxygens (including phenoxy) is 1. The van der Waals surface area contributed by atoms with Crippen LogP contribution < -0.4 is 4.90 Å². The molecule has 0 amide bonds. The number of hydrogen-bond acceptors (Lipinski definition) is 2. The van der Waals surface area contributed by atoms with Gasteiger partial charge >= 0.3 is 0 Å². The number of benzene rings is 1. The van der Waals surface area contributed by atoms with E-state index < -0.39 is 8.07 Å². The highest BCUT2D eigenvalue weighted by Gasteiger charge is 2.17. The maximum Gasteiger partial charge on any atom is 0.0733 e. The van der Waals surface area contributed by atoms with Crippen LogP contribution in [0.25, 0.3) is 0 Å². The van der Waals surface area contributed by atoms with Crippen molar-refractivity contribution in [2.45, 2.75) is 26.2 Å². The second-order valence-electron chi connectivity index (χ2n) is 5.48. The van der Waals surface area contributed by atoms with Crippen molar-refractivity contribution in [2.75, 3.05) is 25.2 Å². The molecule has 1 aromatic rings. The van der Waals surface area contributed by atoms with E-state index >= 15 is 0 Å². The summed E-state index contributed by atoms with van der Waals surface area (Å²) in [5.74, 6) is 0. The van der Waals surface area contributed by atoms with Gasteiger partial charge < -0.3 is 9.64 Å². The molecular weight excluding hydrogens is 214 g/mol. The monoisotopic (exact) mass is 237 g/mol. The van der Waals surface area contributed by atoms with E-state index in [0.717, 1.165) is 0 Å². The highest BCUT2D eigenvalue weighted by Crippen LogP contribution is 2.21. The quantitative estimate of drug-likeness (QED) is 0.730. The van der Waals surface area contributed by atoms with E-state index in [1.807, 2.05) is 0 Å². The summed E-state index contributed by atoms with van der Waals surface area (Å²) in [5.41, 5.74) is 2.57. The van der Waals surface area contributed by atoms with Crippen molar-refractivity contribution in [2.24, 2.45) is 0 Å². The summed E-state index contributed by atoms with van der Waals surface area (Å²) in [6, 6.07) is 8.48. The van der Waals surface area contributed by atoms with Crippen LogP contribution in [0.1, 0.15) is 5.56 Å². The molecule has 1 aromatic carbocycles. The molecule has 0 unspecified atom stereocenters. The van der Waals surface area contributed by atoms with Crippen molar-refractivity contribution < 1.29 is 4.74 Å². The summed E-state index contributed by atoms with van der Waals surface area (Å²) in [7, 11) is 2.85. The molecule has 0 radical (unpaired) electrons. The molecule has 2 nitrogen and oxygen atoms in total. The van der Waals surface area contributed by atoms with Crippen LogP contribution in [-0.4, -0.2) is 28.4 Å². The lowest BCUT2D eigenvalue weighted by Gasteiger charge is -2.28. The second kappa shape index (κ2) is 5.50. The molecule has 0 aliphatic carbocycles. The molecule has 16 heavy (non-hydrogen) atoms. The largest absolute Gasteiger partial charge is 0.380 e. The molecule has 3 heteroatoms. The lowest BCUT2D eigenvalue weighted by atomic mass is 10.2. The molecule has 0 aliphatic rings. The van der Waals surface area contributed by atoms with E-state index in [0.29, 0.717) is 6.61 Å². The normalized spacial score (nSPS) is 11.6. The SMILES string of the molecule is COCc1ccccc1N(C)C[Si](C)(C)C. The summed E-state index contributed by atoms with van der Waals surface area (Å²) >= 11 is 0. The fourth-order valence-corrected chi connectivity index (χ4v) is 3.55. The first kappa shape index (κ1) is 13.3. The number of anilines is 1. The van der Waals surface area contributed by atoms with E-state index in [-0.39, 0.29) is 0 Å². The van der Waals surface area contributed by atoms with Gasteiger partial charge in [0.2, 0.25) is 0 Å². The molecule has 0 saturated carbocycles. The first-order chi connectivity index (χ1) is 7.44. The Bertz CT molecular complexity index is 333. The number of nitrogens with zero attached hydrogens (tertiary/aromatic N) is 1. The molecule has 0 saturated heterocycles. The Balaban J connectivity index is 2.85. The molecule has 0 aliphatic heterocycles. The van der Waals surface area contributed by atoms with Crippen molar-refractivity contribution >= 4 is 13.8 Å². The van der Waals surface area contributed by atoms with E-state index in [9.17, 15) is 0 Å². The van der Waals surface area contributed by atoms with Gasteiger partial charge in [0.1, 0.15) is 0 Å². The average Bonchev–Trinajstić information content (AvgIpc) is 2.16. The fourth-order valence-electron chi connectivity index (χ4n) is 1.96. The van der Waals surface area contributed by atoms with E-state index in [4.69, 9.17) is 4.74 Å². The van der Waals surface area contributed by atoms with Gasteiger partial charge in [-0.3, -0.25) is 0 Å². The number of para-hydroxylation sites is 1. The maximum absolute atomic E-state index is 5.23. The van der Waals surface area contributed by atoms with Crippen LogP contribution in [0.15, 0.2) is 24.3 Å². The van der Waals surface area contributed by atoms with Gasteiger partial charge in [-0.15, -0.1) is 0 Å². The lowest BCUT2D eigenvalue weighted by molar-refractivity contribution is 0.185. The van der Waals surface area contributed by atoms with Crippen molar-refractivity contribution in [1.29, 1.82) is 0 Å². The zero-order valence-corrected chi connectivity index (χ0v) is 12.1. The molecule has 1 rings (SSSR count). The third-order valence-electron chi connectivity index (χ3n) is 2.41. The predicted octanol–water partition coefficient (Wildman–Crippen LogP) is 3.15. The zero-order valence-electron chi connectivity index (χ0n) is 11.1. The Morgan fingerprint density at radius 1 is 1.19 bits per heavy atom. The molecule has 0 fully saturated rings. The highest BCUT2D eigenvalue weighted by atomic mass is 28.3. The van der Waals surface area contributed by atoms with Gasteiger partial charge in [-0.2, -0.15) is 0 Å². The Hall–Kier alpha value is -0.803. The number of methoxy groups -OCH3 is 1. The summed E-state index contributed by atoms with van der Waals surface area (Å²) < 4.78 is 5.23. The zero-order chi connectivity index (χ0) is 12.2. The topological polar surface area (TPSA) is 12.5 Å². The van der Waals surface area contributed by atoms with Gasteiger partial charge in [-0.25, -0.2) is 0 Å². The van der Waals surface area contributed by atoms with Crippen LogP contribution in [0.3, 0.4) is 0 Å². The third kappa shape index (κ3) is 3.98. The van der Waals surface area contributed by atoms with Gasteiger partial charge in [-0.1, -0.05) is 37.8 Å². The van der Waals surface area contributed by atoms with Gasteiger partial charge in [0.05, 0.1) is 14.7 Å². The molecule has 0 N–H and O–H groups in total. The Kier molecular flexibility index (Phi) is 4.56. The fraction of sp³-hybridized carbons (Fsp3) is 0.538. The number of rotatable bonds is 5. The van der Waals surface area contributed by atoms with Crippen molar-refractivity contribution in [3.8, 4) is 0 Å². The van der Waals surface area contributed by atoms with Crippen molar-refractivity contribution in [3.63, 3.8) is 0 Å². The van der Waals surface area contributed by atoms with Crippen LogP contribution in [0.5, 0.6) is 0 Å². The molecule has 0 bridgehead atoms. The second-order valence-corrected chi connectivity index (χ2v) is 10.9. The molecule has 0 heterocycles. The van der Waals surface area contributed by atoms with E-state index in [1.165, 1.54) is 17.4 Å². The standard InChI is InChI=1S/C13H23NOSi/c1-14(11-16(3,4)5)13-9-7-6-8-12(13)10-15-2/h6-9H,10-11H2,1-5H3. The summed E-state index contributed by atoms with van der Waals surface area (Å²) in [6.45, 7) is 7.86. The Morgan fingerprint density at radius 2 is 1.81 bits per heavy atom. The summed E-state index contributed by atoms with van der Waals surface area (Å²) in [5, 5.41) is 0. The lowest BCUT2D eigenvalue weighted by Crippen LogP contribution is -2.38. The van der Waals surface area contributed by atoms with Crippen LogP contribution >= 0.6 is 0 Å². The van der Waals surface area contributed by atoms with E-state index in [2.05, 4.69) is 55.9 Å². The minimum atomic E-state index is -1.06. The van der Waals surface area contributed by atoms with Crippen LogP contribution in [0.2, 0.25) is 19.6 Å². The smallest absolute Gasteiger partial charge is 0.0733 e. The van der Waals surface area contributed by atoms with Crippen molar-refractivity contribution in [1.82, 2.24) is 0 Å². The maximum atomic E-state index is 5.23. The van der Waals surface area contributed by atoms with E-state index in [1.54, 1.807) is 7.11 Å². The first-order valence-electron chi connectivity index (χ1n) is 5.72. The minimum Gasteiger partial charge on any atom is -0.380 e. The Labute approximate surface area is 100 Å². The van der Waals surface area contributed by atoms with Gasteiger partial charge in [0, 0.05) is 31.6 Å². The third-order valence-corrected chi connectivity index (χ3v) is 3.84. The van der Waals surface area contributed by atoms with Gasteiger partial charge in [0.25, 0.3) is 0 Å². The summed E-state index contributed by atoms with van der Waals surface area (Å²) in [6.07, 6.45) is 1.17. The van der Waals surface area contributed by atoms with Crippen LogP contribution in [0, 0.1) is 0 Å². The Morgan fingerprint density at radius 3 is 2.38 bits per heavy atom. The van der Waals surface area contributed by atoms with Gasteiger partial charge in [0.15, 0.2) is 0 Å². The average molecular weight is 237 g/mol. The highest BCUT2D eigenvalue weighted by molar-refractivity contribution is 6.76. The van der Waals surface area contributed by atoms with Crippen molar-refractivity contribution in [3.05, 3.63) is 29.8 Å². The molecule has 0 spiro atoms. The molecule has 90 valence electrons. The molecule has 0 aromatic heterocycles. The number of hydrogen-bond donors (Lipinski definition) is 0. The van der Waals surface area contributed by atoms with Gasteiger partial charge in [-0.05, 0) is 6.07 Å². The molecular formula is C13H23NOSi. The minimum absolute atomic E-state index is 0.687. The molecule has 0 atom stereocenters. The first-order valence-corrected chi connectivity index (χ1v) is 9.43. The predicted molar refractivity (Wildman–Crippen MR) is 73.8 cm³/mol. The van der Waals surface area contributed by atoms with Crippen LogP contribution in [0.4, 0.5) is 5.69 Å².